The first-order valence-corrected chi connectivity index (χ1v) is 4.53. The van der Waals surface area contributed by atoms with Crippen molar-refractivity contribution in [3.05, 3.63) is 28.0 Å². The highest BCUT2D eigenvalue weighted by molar-refractivity contribution is 9.10. The van der Waals surface area contributed by atoms with Crippen molar-refractivity contribution in [3.8, 4) is 0 Å². The average Bonchev–Trinajstić information content (AvgIpc) is 1.99. The molecule has 0 unspecified atom stereocenters. The maximum Gasteiger partial charge on any atom is 0.459 e. The van der Waals surface area contributed by atoms with Crippen LogP contribution in [0.1, 0.15) is 11.4 Å². The van der Waals surface area contributed by atoms with Crippen LogP contribution in [0.15, 0.2) is 16.6 Å². The molecule has 1 nitrogen and oxygen atoms in total. The van der Waals surface area contributed by atoms with Gasteiger partial charge in [0.1, 0.15) is 5.69 Å². The maximum absolute atomic E-state index is 12.8. The Bertz CT molecular complexity index is 354. The molecule has 84 valence electrons. The molecule has 0 amide bonds. The Balaban J connectivity index is 3.27. The van der Waals surface area contributed by atoms with Crippen molar-refractivity contribution in [2.24, 2.45) is 0 Å². The van der Waals surface area contributed by atoms with Crippen LogP contribution in [-0.2, 0) is 5.92 Å². The highest BCUT2D eigenvalue weighted by Crippen LogP contribution is 2.43. The molecule has 1 aromatic rings. The summed E-state index contributed by atoms with van der Waals surface area (Å²) in [6.45, 7) is 1.33. The molecule has 0 saturated carbocycles. The lowest BCUT2D eigenvalue weighted by molar-refractivity contribution is -0.291. The second-order valence-corrected chi connectivity index (χ2v) is 3.80. The first-order valence-electron chi connectivity index (χ1n) is 3.74. The number of nitrogens with zero attached hydrogens (tertiary/aromatic N) is 1. The quantitative estimate of drug-likeness (QED) is 0.717. The zero-order valence-electron chi connectivity index (χ0n) is 7.37. The van der Waals surface area contributed by atoms with E-state index in [0.29, 0.717) is 6.07 Å². The molecule has 1 heterocycles. The van der Waals surface area contributed by atoms with Crippen molar-refractivity contribution >= 4 is 15.9 Å². The number of hydrogen-bond acceptors (Lipinski definition) is 1. The van der Waals surface area contributed by atoms with E-state index in [9.17, 15) is 22.0 Å². The predicted octanol–water partition coefficient (Wildman–Crippen LogP) is 3.81. The molecule has 0 aliphatic rings. The Morgan fingerprint density at radius 1 is 1.13 bits per heavy atom. The summed E-state index contributed by atoms with van der Waals surface area (Å²) in [6.07, 6.45) is -5.63. The van der Waals surface area contributed by atoms with Gasteiger partial charge in [-0.15, -0.1) is 0 Å². The number of pyridine rings is 1. The van der Waals surface area contributed by atoms with E-state index in [0.717, 1.165) is 0 Å². The third kappa shape index (κ3) is 2.45. The Kier molecular flexibility index (Phi) is 3.04. The SMILES string of the molecule is Cc1cc(Br)cc(C(F)(F)C(F)(F)F)n1. The smallest absolute Gasteiger partial charge is 0.251 e. The van der Waals surface area contributed by atoms with Crippen LogP contribution in [-0.4, -0.2) is 11.2 Å². The molecule has 1 aromatic heterocycles. The van der Waals surface area contributed by atoms with E-state index in [2.05, 4.69) is 20.9 Å². The number of halogens is 6. The van der Waals surface area contributed by atoms with Crippen LogP contribution in [0.4, 0.5) is 22.0 Å². The second kappa shape index (κ2) is 3.70. The standard InChI is InChI=1S/C8H5BrF5N/c1-4-2-5(9)3-6(15-4)7(10,11)8(12,13)14/h2-3H,1H3. The molecule has 0 fully saturated rings. The molecule has 0 N–H and O–H groups in total. The minimum atomic E-state index is -5.63. The second-order valence-electron chi connectivity index (χ2n) is 2.88. The minimum absolute atomic E-state index is 0.0864. The third-order valence-electron chi connectivity index (χ3n) is 1.60. The van der Waals surface area contributed by atoms with Crippen LogP contribution < -0.4 is 0 Å². The average molecular weight is 290 g/mol. The van der Waals surface area contributed by atoms with Gasteiger partial charge in [0.05, 0.1) is 0 Å². The zero-order valence-corrected chi connectivity index (χ0v) is 8.96. The number of alkyl halides is 5. The topological polar surface area (TPSA) is 12.9 Å². The number of aryl methyl sites for hydroxylation is 1. The highest BCUT2D eigenvalue weighted by atomic mass is 79.9. The van der Waals surface area contributed by atoms with Gasteiger partial charge in [0, 0.05) is 10.2 Å². The Hall–Kier alpha value is -0.720. The van der Waals surface area contributed by atoms with E-state index in [-0.39, 0.29) is 10.2 Å². The fourth-order valence-corrected chi connectivity index (χ4v) is 1.48. The third-order valence-corrected chi connectivity index (χ3v) is 2.05. The largest absolute Gasteiger partial charge is 0.459 e. The molecule has 0 saturated heterocycles. The monoisotopic (exact) mass is 289 g/mol. The van der Waals surface area contributed by atoms with Crippen molar-refractivity contribution < 1.29 is 22.0 Å². The van der Waals surface area contributed by atoms with Crippen LogP contribution in [0, 0.1) is 6.92 Å². The number of aromatic nitrogens is 1. The summed E-state index contributed by atoms with van der Waals surface area (Å²) in [6, 6.07) is 2.00. The normalized spacial score (nSPS) is 13.0. The van der Waals surface area contributed by atoms with E-state index in [1.165, 1.54) is 13.0 Å². The lowest BCUT2D eigenvalue weighted by atomic mass is 10.2. The lowest BCUT2D eigenvalue weighted by Crippen LogP contribution is -2.34. The summed E-state index contributed by atoms with van der Waals surface area (Å²) >= 11 is 2.83. The molecule has 0 bridgehead atoms. The molecular formula is C8H5BrF5N. The van der Waals surface area contributed by atoms with Crippen LogP contribution in [0.2, 0.25) is 0 Å². The predicted molar refractivity (Wildman–Crippen MR) is 46.6 cm³/mol. The van der Waals surface area contributed by atoms with Crippen LogP contribution in [0.25, 0.3) is 0 Å². The Morgan fingerprint density at radius 2 is 1.67 bits per heavy atom. The van der Waals surface area contributed by atoms with E-state index in [1.54, 1.807) is 0 Å². The molecule has 15 heavy (non-hydrogen) atoms. The van der Waals surface area contributed by atoms with Crippen LogP contribution in [0.3, 0.4) is 0 Å². The molecular weight excluding hydrogens is 285 g/mol. The van der Waals surface area contributed by atoms with E-state index >= 15 is 0 Å². The van der Waals surface area contributed by atoms with E-state index in [1.807, 2.05) is 0 Å². The van der Waals surface area contributed by atoms with Crippen molar-refractivity contribution in [1.82, 2.24) is 4.98 Å². The van der Waals surface area contributed by atoms with Gasteiger partial charge in [-0.1, -0.05) is 15.9 Å². The molecule has 7 heteroatoms. The molecule has 0 radical (unpaired) electrons. The first kappa shape index (κ1) is 12.4. The summed E-state index contributed by atoms with van der Waals surface area (Å²) in [5, 5.41) is 0. The molecule has 0 aliphatic heterocycles. The van der Waals surface area contributed by atoms with Gasteiger partial charge in [-0.3, -0.25) is 4.98 Å². The Morgan fingerprint density at radius 3 is 2.07 bits per heavy atom. The van der Waals surface area contributed by atoms with Crippen molar-refractivity contribution in [1.29, 1.82) is 0 Å². The van der Waals surface area contributed by atoms with Gasteiger partial charge in [0.25, 0.3) is 0 Å². The molecule has 0 atom stereocenters. The van der Waals surface area contributed by atoms with Gasteiger partial charge < -0.3 is 0 Å². The van der Waals surface area contributed by atoms with Gasteiger partial charge in [-0.25, -0.2) is 0 Å². The molecule has 0 spiro atoms. The van der Waals surface area contributed by atoms with Gasteiger partial charge in [-0.2, -0.15) is 22.0 Å². The van der Waals surface area contributed by atoms with Crippen LogP contribution in [0.5, 0.6) is 0 Å². The van der Waals surface area contributed by atoms with E-state index in [4.69, 9.17) is 0 Å². The minimum Gasteiger partial charge on any atom is -0.251 e. The summed E-state index contributed by atoms with van der Waals surface area (Å²) in [4.78, 5) is 3.17. The molecule has 1 rings (SSSR count). The highest BCUT2D eigenvalue weighted by Gasteiger charge is 2.59. The number of rotatable bonds is 1. The van der Waals surface area contributed by atoms with Gasteiger partial charge in [0.2, 0.25) is 0 Å². The lowest BCUT2D eigenvalue weighted by Gasteiger charge is -2.19. The number of hydrogen-bond donors (Lipinski definition) is 0. The van der Waals surface area contributed by atoms with Crippen LogP contribution >= 0.6 is 15.9 Å². The summed E-state index contributed by atoms with van der Waals surface area (Å²) in [7, 11) is 0. The maximum atomic E-state index is 12.8. The molecule has 0 aliphatic carbocycles. The fraction of sp³-hybridized carbons (Fsp3) is 0.375. The fourth-order valence-electron chi connectivity index (χ4n) is 0.932. The van der Waals surface area contributed by atoms with Crippen molar-refractivity contribution in [2.75, 3.05) is 0 Å². The Labute approximate surface area is 90.4 Å². The first-order chi connectivity index (χ1) is 6.64. The van der Waals surface area contributed by atoms with Gasteiger partial charge in [-0.05, 0) is 19.1 Å². The van der Waals surface area contributed by atoms with Crippen molar-refractivity contribution in [2.45, 2.75) is 19.0 Å². The van der Waals surface area contributed by atoms with Gasteiger partial charge in [0.15, 0.2) is 0 Å². The van der Waals surface area contributed by atoms with Gasteiger partial charge >= 0.3 is 12.1 Å². The summed E-state index contributed by atoms with van der Waals surface area (Å²) < 4.78 is 61.7. The summed E-state index contributed by atoms with van der Waals surface area (Å²) in [5.74, 6) is -4.93. The molecule has 0 aromatic carbocycles. The van der Waals surface area contributed by atoms with Crippen molar-refractivity contribution in [3.63, 3.8) is 0 Å². The summed E-state index contributed by atoms with van der Waals surface area (Å²) in [5.41, 5.74) is -1.22. The van der Waals surface area contributed by atoms with E-state index < -0.39 is 17.8 Å². The zero-order chi connectivity index (χ0) is 11.9.